The van der Waals surface area contributed by atoms with Gasteiger partial charge in [-0.1, -0.05) is 27.2 Å². The minimum atomic E-state index is 0.0163. The molecule has 33 heavy (non-hydrogen) atoms. The Hall–Kier alpha value is -2.87. The molecule has 0 spiro atoms. The van der Waals surface area contributed by atoms with Gasteiger partial charge in [0.25, 0.3) is 0 Å². The second-order valence-corrected chi connectivity index (χ2v) is 9.62. The molecule has 0 bridgehead atoms. The number of methoxy groups -OCH3 is 1. The monoisotopic (exact) mass is 453 g/mol. The summed E-state index contributed by atoms with van der Waals surface area (Å²) >= 11 is 0. The highest BCUT2D eigenvalue weighted by Crippen LogP contribution is 2.27. The van der Waals surface area contributed by atoms with E-state index in [1.165, 1.54) is 0 Å². The maximum atomic E-state index is 13.1. The summed E-state index contributed by atoms with van der Waals surface area (Å²) in [5, 5.41) is 4.67. The Morgan fingerprint density at radius 3 is 2.61 bits per heavy atom. The summed E-state index contributed by atoms with van der Waals surface area (Å²) in [5.41, 5.74) is 3.81. The number of benzene rings is 1. The minimum Gasteiger partial charge on any atom is -0.468 e. The SMILES string of the molecule is COc1nc2ccc(N3CCOCC3)cc2n1C(=O)CCCCCn1ccc(C(C)(C)C)n1. The molecule has 0 unspecified atom stereocenters. The second kappa shape index (κ2) is 9.95. The predicted molar refractivity (Wildman–Crippen MR) is 129 cm³/mol. The van der Waals surface area contributed by atoms with Gasteiger partial charge < -0.3 is 14.4 Å². The molecule has 1 aromatic carbocycles. The van der Waals surface area contributed by atoms with Gasteiger partial charge >= 0.3 is 6.01 Å². The van der Waals surface area contributed by atoms with Crippen LogP contribution in [0.1, 0.15) is 56.9 Å². The number of hydrogen-bond donors (Lipinski definition) is 0. The van der Waals surface area contributed by atoms with Crippen LogP contribution >= 0.6 is 0 Å². The zero-order valence-corrected chi connectivity index (χ0v) is 20.2. The van der Waals surface area contributed by atoms with E-state index < -0.39 is 0 Å². The van der Waals surface area contributed by atoms with Crippen molar-refractivity contribution in [1.29, 1.82) is 0 Å². The lowest BCUT2D eigenvalue weighted by Crippen LogP contribution is -2.36. The fourth-order valence-corrected chi connectivity index (χ4v) is 4.16. The van der Waals surface area contributed by atoms with E-state index in [0.29, 0.717) is 12.4 Å². The lowest BCUT2D eigenvalue weighted by Gasteiger charge is -2.28. The summed E-state index contributed by atoms with van der Waals surface area (Å²) in [4.78, 5) is 19.9. The van der Waals surface area contributed by atoms with Crippen molar-refractivity contribution in [3.63, 3.8) is 0 Å². The molecule has 2 aromatic heterocycles. The Morgan fingerprint density at radius 2 is 1.91 bits per heavy atom. The van der Waals surface area contributed by atoms with Crippen molar-refractivity contribution in [3.8, 4) is 6.01 Å². The van der Waals surface area contributed by atoms with E-state index in [2.05, 4.69) is 47.9 Å². The first-order valence-corrected chi connectivity index (χ1v) is 11.8. The number of carbonyl (C=O) groups excluding carboxylic acids is 1. The number of rotatable bonds is 8. The molecule has 4 rings (SSSR count). The molecule has 0 N–H and O–H groups in total. The molecule has 8 heteroatoms. The quantitative estimate of drug-likeness (QED) is 0.474. The van der Waals surface area contributed by atoms with Gasteiger partial charge in [-0.2, -0.15) is 10.1 Å². The van der Waals surface area contributed by atoms with Crippen LogP contribution in [0.25, 0.3) is 11.0 Å². The number of unbranched alkanes of at least 4 members (excludes halogenated alkanes) is 2. The molecule has 3 heterocycles. The Bertz CT molecular complexity index is 1090. The predicted octanol–water partition coefficient (Wildman–Crippen LogP) is 4.28. The van der Waals surface area contributed by atoms with E-state index in [4.69, 9.17) is 9.47 Å². The number of carbonyl (C=O) groups is 1. The van der Waals surface area contributed by atoms with Gasteiger partial charge in [-0.05, 0) is 37.1 Å². The van der Waals surface area contributed by atoms with Crippen molar-refractivity contribution >= 4 is 22.6 Å². The van der Waals surface area contributed by atoms with Crippen LogP contribution in [-0.2, 0) is 16.7 Å². The summed E-state index contributed by atoms with van der Waals surface area (Å²) < 4.78 is 14.5. The van der Waals surface area contributed by atoms with Crippen molar-refractivity contribution in [2.24, 2.45) is 0 Å². The third-order valence-corrected chi connectivity index (χ3v) is 6.10. The van der Waals surface area contributed by atoms with Gasteiger partial charge in [0.05, 0.1) is 37.1 Å². The highest BCUT2D eigenvalue weighted by Gasteiger charge is 2.20. The van der Waals surface area contributed by atoms with Crippen molar-refractivity contribution in [2.75, 3.05) is 38.3 Å². The van der Waals surface area contributed by atoms with Gasteiger partial charge in [0.1, 0.15) is 0 Å². The Morgan fingerprint density at radius 1 is 1.12 bits per heavy atom. The maximum Gasteiger partial charge on any atom is 0.304 e. The van der Waals surface area contributed by atoms with Crippen molar-refractivity contribution in [2.45, 2.75) is 58.4 Å². The van der Waals surface area contributed by atoms with E-state index in [1.54, 1.807) is 11.7 Å². The molecule has 1 saturated heterocycles. The molecule has 8 nitrogen and oxygen atoms in total. The molecular weight excluding hydrogens is 418 g/mol. The summed E-state index contributed by atoms with van der Waals surface area (Å²) in [5.74, 6) is 0.0163. The Balaban J connectivity index is 1.37. The first kappa shape index (κ1) is 23.3. The van der Waals surface area contributed by atoms with Gasteiger partial charge in [0.2, 0.25) is 5.91 Å². The number of aryl methyl sites for hydroxylation is 1. The first-order chi connectivity index (χ1) is 15.9. The highest BCUT2D eigenvalue weighted by atomic mass is 16.5. The van der Waals surface area contributed by atoms with Crippen LogP contribution in [0, 0.1) is 0 Å². The zero-order valence-electron chi connectivity index (χ0n) is 20.2. The molecule has 3 aromatic rings. The van der Waals surface area contributed by atoms with E-state index in [0.717, 1.165) is 74.5 Å². The average molecular weight is 454 g/mol. The van der Waals surface area contributed by atoms with E-state index in [-0.39, 0.29) is 11.3 Å². The highest BCUT2D eigenvalue weighted by molar-refractivity contribution is 5.93. The molecule has 1 aliphatic rings. The van der Waals surface area contributed by atoms with Gasteiger partial charge in [0, 0.05) is 43.4 Å². The van der Waals surface area contributed by atoms with Crippen molar-refractivity contribution in [1.82, 2.24) is 19.3 Å². The van der Waals surface area contributed by atoms with Crippen molar-refractivity contribution in [3.05, 3.63) is 36.2 Å². The summed E-state index contributed by atoms with van der Waals surface area (Å²) in [6.07, 6.45) is 5.26. The summed E-state index contributed by atoms with van der Waals surface area (Å²) in [6.45, 7) is 10.5. The number of nitrogens with zero attached hydrogens (tertiary/aromatic N) is 5. The fraction of sp³-hybridized carbons (Fsp3) is 0.560. The molecule has 1 aliphatic heterocycles. The standard InChI is InChI=1S/C25H35N5O3/c1-25(2,3)22-11-13-29(27-22)12-7-5-6-8-23(31)30-21-18-19(28-14-16-33-17-15-28)9-10-20(21)26-24(30)32-4/h9-11,13,18H,5-8,12,14-17H2,1-4H3. The maximum absolute atomic E-state index is 13.1. The molecule has 0 saturated carbocycles. The topological polar surface area (TPSA) is 74.4 Å². The third-order valence-electron chi connectivity index (χ3n) is 6.10. The van der Waals surface area contributed by atoms with Crippen LogP contribution in [0.4, 0.5) is 5.69 Å². The third kappa shape index (κ3) is 5.38. The van der Waals surface area contributed by atoms with E-state index in [1.807, 2.05) is 23.0 Å². The van der Waals surface area contributed by atoms with Crippen LogP contribution < -0.4 is 9.64 Å². The molecule has 1 fully saturated rings. The van der Waals surface area contributed by atoms with Crippen molar-refractivity contribution < 1.29 is 14.3 Å². The number of imidazole rings is 1. The normalized spacial score (nSPS) is 14.7. The number of fused-ring (bicyclic) bond motifs is 1. The Kier molecular flexibility index (Phi) is 7.02. The first-order valence-electron chi connectivity index (χ1n) is 11.8. The van der Waals surface area contributed by atoms with Gasteiger partial charge in [-0.3, -0.25) is 9.48 Å². The molecule has 0 aliphatic carbocycles. The van der Waals surface area contributed by atoms with Crippen LogP contribution in [-0.4, -0.2) is 58.7 Å². The lowest BCUT2D eigenvalue weighted by molar-refractivity contribution is 0.0893. The van der Waals surface area contributed by atoms with E-state index >= 15 is 0 Å². The number of hydrogen-bond acceptors (Lipinski definition) is 6. The largest absolute Gasteiger partial charge is 0.468 e. The molecule has 178 valence electrons. The van der Waals surface area contributed by atoms with Gasteiger partial charge in [-0.15, -0.1) is 0 Å². The van der Waals surface area contributed by atoms with Gasteiger partial charge in [0.15, 0.2) is 0 Å². The Labute approximate surface area is 195 Å². The smallest absolute Gasteiger partial charge is 0.304 e. The van der Waals surface area contributed by atoms with E-state index in [9.17, 15) is 4.79 Å². The second-order valence-electron chi connectivity index (χ2n) is 9.62. The number of ether oxygens (including phenoxy) is 2. The van der Waals surface area contributed by atoms with Crippen LogP contribution in [0.5, 0.6) is 6.01 Å². The molecule has 0 atom stereocenters. The average Bonchev–Trinajstić information content (AvgIpc) is 3.43. The molecule has 0 amide bonds. The van der Waals surface area contributed by atoms with Crippen LogP contribution in [0.15, 0.2) is 30.5 Å². The summed E-state index contributed by atoms with van der Waals surface area (Å²) in [6, 6.07) is 8.49. The van der Waals surface area contributed by atoms with Crippen LogP contribution in [0.2, 0.25) is 0 Å². The lowest BCUT2D eigenvalue weighted by atomic mass is 9.93. The molecule has 0 radical (unpaired) electrons. The summed E-state index contributed by atoms with van der Waals surface area (Å²) in [7, 11) is 1.56. The molecular formula is C25H35N5O3. The van der Waals surface area contributed by atoms with Crippen LogP contribution in [0.3, 0.4) is 0 Å². The number of morpholine rings is 1. The zero-order chi connectivity index (χ0) is 23.4. The number of aromatic nitrogens is 4. The van der Waals surface area contributed by atoms with Gasteiger partial charge in [-0.25, -0.2) is 4.57 Å². The fourth-order valence-electron chi connectivity index (χ4n) is 4.16. The minimum absolute atomic E-state index is 0.0163. The number of anilines is 1.